The summed E-state index contributed by atoms with van der Waals surface area (Å²) in [5.41, 5.74) is 9.25. The van der Waals surface area contributed by atoms with Gasteiger partial charge < -0.3 is 20.4 Å². The van der Waals surface area contributed by atoms with Crippen molar-refractivity contribution in [3.8, 4) is 0 Å². The number of halogens is 1. The van der Waals surface area contributed by atoms with Gasteiger partial charge in [0.2, 0.25) is 0 Å². The van der Waals surface area contributed by atoms with Gasteiger partial charge in [-0.05, 0) is 49.4 Å². The molecule has 8 heteroatoms. The Balaban J connectivity index is 0.00000261. The smallest absolute Gasteiger partial charge is 0.338 e. The van der Waals surface area contributed by atoms with E-state index < -0.39 is 0 Å². The van der Waals surface area contributed by atoms with Gasteiger partial charge in [-0.15, -0.1) is 12.4 Å². The molecule has 27 heavy (non-hydrogen) atoms. The third-order valence-corrected chi connectivity index (χ3v) is 4.13. The largest absolute Gasteiger partial charge is 0.462 e. The second-order valence-electron chi connectivity index (χ2n) is 5.86. The molecule has 0 aliphatic rings. The molecule has 0 spiro atoms. The molecular weight excluding hydrogens is 366 g/mol. The first kappa shape index (κ1) is 20.3. The van der Waals surface area contributed by atoms with E-state index in [1.165, 1.54) is 0 Å². The molecule has 1 heterocycles. The van der Waals surface area contributed by atoms with Crippen LogP contribution in [0, 0.1) is 5.41 Å². The van der Waals surface area contributed by atoms with Crippen molar-refractivity contribution < 1.29 is 9.53 Å². The number of carbonyl (C=O) groups is 1. The molecule has 3 rings (SSSR count). The molecule has 0 amide bonds. The minimum absolute atomic E-state index is 0. The molecule has 0 aliphatic heterocycles. The highest BCUT2D eigenvalue weighted by Gasteiger charge is 2.12. The fraction of sp³-hybridized carbons (Fsp3) is 0.211. The van der Waals surface area contributed by atoms with Gasteiger partial charge in [-0.3, -0.25) is 5.41 Å². The first-order valence-electron chi connectivity index (χ1n) is 8.30. The fourth-order valence-corrected chi connectivity index (χ4v) is 2.70. The molecule has 0 aliphatic carbocycles. The van der Waals surface area contributed by atoms with Gasteiger partial charge in [-0.25, -0.2) is 9.78 Å². The number of ether oxygens (including phenoxy) is 1. The van der Waals surface area contributed by atoms with Crippen LogP contribution in [-0.2, 0) is 18.3 Å². The van der Waals surface area contributed by atoms with E-state index in [4.69, 9.17) is 15.9 Å². The van der Waals surface area contributed by atoms with E-state index in [9.17, 15) is 4.79 Å². The second kappa shape index (κ2) is 8.55. The maximum Gasteiger partial charge on any atom is 0.338 e. The fourth-order valence-electron chi connectivity index (χ4n) is 2.70. The Hall–Kier alpha value is -3.06. The monoisotopic (exact) mass is 387 g/mol. The number of nitrogens with one attached hydrogen (secondary N) is 2. The summed E-state index contributed by atoms with van der Waals surface area (Å²) >= 11 is 0. The molecule has 0 bridgehead atoms. The standard InChI is InChI=1S/C19H21N5O2.ClH/c1-3-26-19(25)13-6-9-16-15(10-13)23-17(24(16)2)11-22-14-7-4-12(5-8-14)18(20)21;/h4-10,22H,3,11H2,1-2H3,(H3,20,21);1H. The molecule has 0 fully saturated rings. The van der Waals surface area contributed by atoms with Crippen LogP contribution >= 0.6 is 12.4 Å². The molecule has 0 unspecified atom stereocenters. The van der Waals surface area contributed by atoms with Gasteiger partial charge >= 0.3 is 5.97 Å². The van der Waals surface area contributed by atoms with Crippen LogP contribution in [0.15, 0.2) is 42.5 Å². The average molecular weight is 388 g/mol. The van der Waals surface area contributed by atoms with Crippen LogP contribution in [0.5, 0.6) is 0 Å². The predicted octanol–water partition coefficient (Wildman–Crippen LogP) is 3.07. The Morgan fingerprint density at radius 2 is 1.89 bits per heavy atom. The molecule has 3 aromatic rings. The van der Waals surface area contributed by atoms with Crippen LogP contribution in [0.4, 0.5) is 5.69 Å². The van der Waals surface area contributed by atoms with Crippen molar-refractivity contribution in [2.45, 2.75) is 13.5 Å². The van der Waals surface area contributed by atoms with Crippen LogP contribution in [0.1, 0.15) is 28.7 Å². The van der Waals surface area contributed by atoms with Gasteiger partial charge in [0.25, 0.3) is 0 Å². The number of rotatable bonds is 6. The molecule has 1 aromatic heterocycles. The Kier molecular flexibility index (Phi) is 6.41. The van der Waals surface area contributed by atoms with E-state index in [1.807, 2.05) is 29.8 Å². The molecule has 0 saturated heterocycles. The summed E-state index contributed by atoms with van der Waals surface area (Å²) in [5, 5.41) is 10.7. The van der Waals surface area contributed by atoms with Gasteiger partial charge in [0.1, 0.15) is 11.7 Å². The summed E-state index contributed by atoms with van der Waals surface area (Å²) in [5.74, 6) is 0.547. The van der Waals surface area contributed by atoms with Crippen molar-refractivity contribution in [3.63, 3.8) is 0 Å². The number of aryl methyl sites for hydroxylation is 1. The van der Waals surface area contributed by atoms with E-state index >= 15 is 0 Å². The van der Waals surface area contributed by atoms with Gasteiger partial charge in [0.05, 0.1) is 29.7 Å². The summed E-state index contributed by atoms with van der Waals surface area (Å²) < 4.78 is 7.02. The maximum absolute atomic E-state index is 11.9. The first-order chi connectivity index (χ1) is 12.5. The minimum Gasteiger partial charge on any atom is -0.462 e. The number of nitrogens with two attached hydrogens (primary N) is 1. The summed E-state index contributed by atoms with van der Waals surface area (Å²) in [6.07, 6.45) is 0. The number of hydrogen-bond donors (Lipinski definition) is 3. The molecule has 7 nitrogen and oxygen atoms in total. The van der Waals surface area contributed by atoms with E-state index in [0.29, 0.717) is 24.3 Å². The van der Waals surface area contributed by atoms with E-state index in [2.05, 4.69) is 10.3 Å². The van der Waals surface area contributed by atoms with E-state index in [0.717, 1.165) is 22.5 Å². The number of fused-ring (bicyclic) bond motifs is 1. The zero-order valence-electron chi connectivity index (χ0n) is 15.2. The lowest BCUT2D eigenvalue weighted by molar-refractivity contribution is 0.0526. The van der Waals surface area contributed by atoms with Gasteiger partial charge in [0, 0.05) is 18.3 Å². The molecule has 0 radical (unpaired) electrons. The Morgan fingerprint density at radius 1 is 1.22 bits per heavy atom. The van der Waals surface area contributed by atoms with Crippen molar-refractivity contribution >= 4 is 40.9 Å². The topological polar surface area (TPSA) is 106 Å². The van der Waals surface area contributed by atoms with Gasteiger partial charge in [-0.1, -0.05) is 0 Å². The number of benzene rings is 2. The Morgan fingerprint density at radius 3 is 2.52 bits per heavy atom. The number of carbonyl (C=O) groups excluding carboxylic acids is 1. The molecule has 2 aromatic carbocycles. The summed E-state index contributed by atoms with van der Waals surface area (Å²) in [7, 11) is 1.94. The zero-order valence-corrected chi connectivity index (χ0v) is 16.0. The summed E-state index contributed by atoms with van der Waals surface area (Å²) in [4.78, 5) is 16.5. The molecular formula is C19H22ClN5O2. The third-order valence-electron chi connectivity index (χ3n) is 4.13. The van der Waals surface area contributed by atoms with Crippen molar-refractivity contribution in [3.05, 3.63) is 59.4 Å². The number of amidine groups is 1. The highest BCUT2D eigenvalue weighted by Crippen LogP contribution is 2.19. The number of hydrogen-bond acceptors (Lipinski definition) is 5. The van der Waals surface area contributed by atoms with Gasteiger partial charge in [-0.2, -0.15) is 0 Å². The number of aromatic nitrogens is 2. The lowest BCUT2D eigenvalue weighted by atomic mass is 10.2. The Bertz CT molecular complexity index is 966. The summed E-state index contributed by atoms with van der Waals surface area (Å²) in [6, 6.07) is 12.7. The van der Waals surface area contributed by atoms with E-state index in [1.54, 1.807) is 31.2 Å². The maximum atomic E-state index is 11.9. The lowest BCUT2D eigenvalue weighted by Crippen LogP contribution is -2.11. The first-order valence-corrected chi connectivity index (χ1v) is 8.30. The number of esters is 1. The van der Waals surface area contributed by atoms with Crippen LogP contribution in [0.25, 0.3) is 11.0 Å². The number of nitrogen functional groups attached to an aromatic ring is 1. The SMILES string of the molecule is CCOC(=O)c1ccc2c(c1)nc(CNc1ccc(C(=N)N)cc1)n2C.Cl. The van der Waals surface area contributed by atoms with Crippen molar-refractivity contribution in [2.24, 2.45) is 12.8 Å². The van der Waals surface area contributed by atoms with Crippen LogP contribution in [0.2, 0.25) is 0 Å². The summed E-state index contributed by atoms with van der Waals surface area (Å²) in [6.45, 7) is 2.65. The van der Waals surface area contributed by atoms with E-state index in [-0.39, 0.29) is 24.2 Å². The molecule has 0 saturated carbocycles. The predicted molar refractivity (Wildman–Crippen MR) is 109 cm³/mol. The zero-order chi connectivity index (χ0) is 18.7. The average Bonchev–Trinajstić information content (AvgIpc) is 2.96. The number of anilines is 1. The number of nitrogens with zero attached hydrogens (tertiary/aromatic N) is 2. The molecule has 4 N–H and O–H groups in total. The quantitative estimate of drug-likeness (QED) is 0.342. The lowest BCUT2D eigenvalue weighted by Gasteiger charge is -2.07. The van der Waals surface area contributed by atoms with Crippen molar-refractivity contribution in [1.29, 1.82) is 5.41 Å². The van der Waals surface area contributed by atoms with Gasteiger partial charge in [0.15, 0.2) is 0 Å². The number of imidazole rings is 1. The van der Waals surface area contributed by atoms with Crippen molar-refractivity contribution in [1.82, 2.24) is 9.55 Å². The normalized spacial score (nSPS) is 10.3. The molecule has 0 atom stereocenters. The minimum atomic E-state index is -0.342. The highest BCUT2D eigenvalue weighted by molar-refractivity contribution is 5.95. The van der Waals surface area contributed by atoms with Crippen molar-refractivity contribution in [2.75, 3.05) is 11.9 Å². The second-order valence-corrected chi connectivity index (χ2v) is 5.86. The third kappa shape index (κ3) is 4.38. The van der Waals surface area contributed by atoms with Crippen LogP contribution < -0.4 is 11.1 Å². The Labute approximate surface area is 163 Å². The van der Waals surface area contributed by atoms with Crippen LogP contribution in [0.3, 0.4) is 0 Å². The highest BCUT2D eigenvalue weighted by atomic mass is 35.5. The van der Waals surface area contributed by atoms with Crippen LogP contribution in [-0.4, -0.2) is 28.0 Å². The molecule has 142 valence electrons.